The van der Waals surface area contributed by atoms with Gasteiger partial charge in [0, 0.05) is 31.7 Å². The fourth-order valence-electron chi connectivity index (χ4n) is 4.11. The van der Waals surface area contributed by atoms with E-state index in [4.69, 9.17) is 11.6 Å². The molecule has 3 rings (SSSR count). The highest BCUT2D eigenvalue weighted by Gasteiger charge is 2.33. The predicted molar refractivity (Wildman–Crippen MR) is 138 cm³/mol. The van der Waals surface area contributed by atoms with Crippen LogP contribution in [0.15, 0.2) is 48.5 Å². The molecular weight excluding hydrogens is 507 g/mol. The molecule has 1 saturated carbocycles. The second-order valence-corrected chi connectivity index (χ2v) is 11.5. The van der Waals surface area contributed by atoms with E-state index in [1.807, 2.05) is 0 Å². The van der Waals surface area contributed by atoms with Gasteiger partial charge in [-0.2, -0.15) is 12.7 Å². The van der Waals surface area contributed by atoms with Gasteiger partial charge in [-0.3, -0.25) is 9.59 Å². The molecule has 1 aliphatic carbocycles. The Kier molecular flexibility index (Phi) is 9.32. The lowest BCUT2D eigenvalue weighted by atomic mass is 10.1. The highest BCUT2D eigenvalue weighted by molar-refractivity contribution is 7.90. The van der Waals surface area contributed by atoms with Crippen molar-refractivity contribution in [2.24, 2.45) is 0 Å². The van der Waals surface area contributed by atoms with Gasteiger partial charge in [0.1, 0.15) is 18.4 Å². The number of amides is 2. The quantitative estimate of drug-likeness (QED) is 0.501. The Morgan fingerprint density at radius 2 is 1.69 bits per heavy atom. The minimum Gasteiger partial charge on any atom is -0.352 e. The Labute approximate surface area is 217 Å². The van der Waals surface area contributed by atoms with E-state index in [1.54, 1.807) is 31.2 Å². The zero-order chi connectivity index (χ0) is 26.5. The summed E-state index contributed by atoms with van der Waals surface area (Å²) in [5.41, 5.74) is 0.746. The van der Waals surface area contributed by atoms with Crippen molar-refractivity contribution >= 4 is 39.3 Å². The van der Waals surface area contributed by atoms with Gasteiger partial charge in [-0.25, -0.2) is 8.70 Å². The molecule has 11 heteroatoms. The van der Waals surface area contributed by atoms with Crippen LogP contribution >= 0.6 is 11.6 Å². The number of halogens is 2. The van der Waals surface area contributed by atoms with E-state index >= 15 is 0 Å². The molecule has 1 unspecified atom stereocenters. The maximum Gasteiger partial charge on any atom is 0.304 e. The van der Waals surface area contributed by atoms with Crippen molar-refractivity contribution in [3.63, 3.8) is 0 Å². The number of hydrogen-bond acceptors (Lipinski definition) is 4. The molecule has 2 aromatic rings. The number of carbonyl (C=O) groups is 2. The number of nitrogens with zero attached hydrogens (tertiary/aromatic N) is 3. The molecule has 0 saturated heterocycles. The summed E-state index contributed by atoms with van der Waals surface area (Å²) >= 11 is 6.34. The summed E-state index contributed by atoms with van der Waals surface area (Å²) in [7, 11) is -1.42. The number of hydrogen-bond donors (Lipinski definition) is 1. The molecule has 0 radical (unpaired) electrons. The lowest BCUT2D eigenvalue weighted by Crippen LogP contribution is -2.53. The van der Waals surface area contributed by atoms with Gasteiger partial charge < -0.3 is 10.2 Å². The molecule has 2 aromatic carbocycles. The predicted octanol–water partition coefficient (Wildman–Crippen LogP) is 3.57. The fourth-order valence-corrected chi connectivity index (χ4v) is 5.36. The first-order valence-corrected chi connectivity index (χ1v) is 13.6. The molecule has 0 aromatic heterocycles. The van der Waals surface area contributed by atoms with E-state index in [9.17, 15) is 22.4 Å². The van der Waals surface area contributed by atoms with Crippen molar-refractivity contribution < 1.29 is 22.4 Å². The normalized spacial score (nSPS) is 15.1. The lowest BCUT2D eigenvalue weighted by Gasteiger charge is -2.33. The maximum absolute atomic E-state index is 13.7. The third-order valence-corrected chi connectivity index (χ3v) is 8.49. The molecule has 0 heterocycles. The largest absolute Gasteiger partial charge is 0.352 e. The Bertz CT molecular complexity index is 1170. The van der Waals surface area contributed by atoms with Crippen molar-refractivity contribution in [1.29, 1.82) is 0 Å². The molecule has 1 aliphatic rings. The molecule has 1 N–H and O–H groups in total. The topological polar surface area (TPSA) is 90.0 Å². The number of carbonyl (C=O) groups excluding carboxylic acids is 2. The van der Waals surface area contributed by atoms with Crippen LogP contribution in [0.4, 0.5) is 10.1 Å². The Hall–Kier alpha value is -2.69. The first-order valence-electron chi connectivity index (χ1n) is 11.8. The van der Waals surface area contributed by atoms with Gasteiger partial charge in [-0.1, -0.05) is 42.6 Å². The average Bonchev–Trinajstić information content (AvgIpc) is 3.35. The molecule has 36 heavy (non-hydrogen) atoms. The SMILES string of the molecule is CC(C(=O)NC1CCCC1)N(Cc1ccccc1Cl)C(=O)CN(c1ccc(F)cc1)S(=O)(=O)N(C)C. The van der Waals surface area contributed by atoms with E-state index in [2.05, 4.69) is 5.32 Å². The van der Waals surface area contributed by atoms with E-state index < -0.39 is 34.5 Å². The summed E-state index contributed by atoms with van der Waals surface area (Å²) in [6.45, 7) is 1.04. The first kappa shape index (κ1) is 27.9. The van der Waals surface area contributed by atoms with E-state index in [0.717, 1.165) is 46.4 Å². The third-order valence-electron chi connectivity index (χ3n) is 6.30. The molecule has 0 bridgehead atoms. The molecule has 2 amide bonds. The summed E-state index contributed by atoms with van der Waals surface area (Å²) in [5, 5.41) is 3.43. The van der Waals surface area contributed by atoms with Crippen molar-refractivity contribution in [2.75, 3.05) is 24.9 Å². The van der Waals surface area contributed by atoms with E-state index in [1.165, 1.54) is 31.1 Å². The van der Waals surface area contributed by atoms with Crippen molar-refractivity contribution in [3.8, 4) is 0 Å². The zero-order valence-electron chi connectivity index (χ0n) is 20.7. The van der Waals surface area contributed by atoms with Crippen molar-refractivity contribution in [3.05, 3.63) is 64.9 Å². The van der Waals surface area contributed by atoms with Gasteiger partial charge in [-0.05, 0) is 55.7 Å². The molecule has 196 valence electrons. The minimum absolute atomic E-state index is 0.0109. The molecule has 0 spiro atoms. The van der Waals surface area contributed by atoms with Gasteiger partial charge >= 0.3 is 10.2 Å². The van der Waals surface area contributed by atoms with Crippen LogP contribution in [0.2, 0.25) is 5.02 Å². The number of anilines is 1. The second kappa shape index (κ2) is 12.0. The summed E-state index contributed by atoms with van der Waals surface area (Å²) in [5.74, 6) is -1.45. The minimum atomic E-state index is -4.11. The van der Waals surface area contributed by atoms with Crippen LogP contribution in [0.3, 0.4) is 0 Å². The van der Waals surface area contributed by atoms with Gasteiger partial charge in [0.25, 0.3) is 0 Å². The van der Waals surface area contributed by atoms with Crippen LogP contribution in [0.1, 0.15) is 38.2 Å². The smallest absolute Gasteiger partial charge is 0.304 e. The van der Waals surface area contributed by atoms with E-state index in [-0.39, 0.29) is 24.2 Å². The number of nitrogens with one attached hydrogen (secondary N) is 1. The van der Waals surface area contributed by atoms with Crippen LogP contribution < -0.4 is 9.62 Å². The molecule has 1 fully saturated rings. The molecule has 1 atom stereocenters. The third kappa shape index (κ3) is 6.74. The summed E-state index contributed by atoms with van der Waals surface area (Å²) in [6, 6.07) is 11.0. The van der Waals surface area contributed by atoms with Crippen molar-refractivity contribution in [1.82, 2.24) is 14.5 Å². The van der Waals surface area contributed by atoms with Crippen LogP contribution in [0, 0.1) is 5.82 Å². The maximum atomic E-state index is 13.7. The fraction of sp³-hybridized carbons (Fsp3) is 0.440. The Morgan fingerprint density at radius 1 is 1.08 bits per heavy atom. The zero-order valence-corrected chi connectivity index (χ0v) is 22.2. The van der Waals surface area contributed by atoms with Crippen molar-refractivity contribution in [2.45, 2.75) is 51.2 Å². The van der Waals surface area contributed by atoms with Gasteiger partial charge in [0.15, 0.2) is 0 Å². The van der Waals surface area contributed by atoms with Gasteiger partial charge in [0.2, 0.25) is 11.8 Å². The average molecular weight is 539 g/mol. The van der Waals surface area contributed by atoms with Gasteiger partial charge in [0.05, 0.1) is 5.69 Å². The highest BCUT2D eigenvalue weighted by Crippen LogP contribution is 2.23. The Morgan fingerprint density at radius 3 is 2.28 bits per heavy atom. The summed E-state index contributed by atoms with van der Waals surface area (Å²) in [6.07, 6.45) is 3.85. The monoisotopic (exact) mass is 538 g/mol. The van der Waals surface area contributed by atoms with Crippen LogP contribution in [0.5, 0.6) is 0 Å². The summed E-state index contributed by atoms with van der Waals surface area (Å²) < 4.78 is 41.6. The Balaban J connectivity index is 1.93. The second-order valence-electron chi connectivity index (χ2n) is 9.05. The standard InChI is InChI=1S/C25H32ClFN4O4S/c1-18(25(33)28-21-9-5-6-10-21)30(16-19-8-4-7-11-23(19)26)24(32)17-31(36(34,35)29(2)3)22-14-12-20(27)13-15-22/h4,7-8,11-15,18,21H,5-6,9-10,16-17H2,1-3H3,(H,28,33). The molecule has 0 aliphatic heterocycles. The van der Waals surface area contributed by atoms with Gasteiger partial charge in [-0.15, -0.1) is 0 Å². The lowest BCUT2D eigenvalue weighted by molar-refractivity contribution is -0.139. The first-order chi connectivity index (χ1) is 17.0. The van der Waals surface area contributed by atoms with Crippen LogP contribution in [0.25, 0.3) is 0 Å². The van der Waals surface area contributed by atoms with Crippen LogP contribution in [-0.2, 0) is 26.3 Å². The molecular formula is C25H32ClFN4O4S. The van der Waals surface area contributed by atoms with E-state index in [0.29, 0.717) is 10.6 Å². The summed E-state index contributed by atoms with van der Waals surface area (Å²) in [4.78, 5) is 28.1. The molecule has 8 nitrogen and oxygen atoms in total. The number of rotatable bonds is 10. The van der Waals surface area contributed by atoms with Crippen LogP contribution in [-0.4, -0.2) is 62.2 Å². The number of benzene rings is 2. The highest BCUT2D eigenvalue weighted by atomic mass is 35.5.